The minimum atomic E-state index is -0.714. The zero-order chi connectivity index (χ0) is 23.8. The summed E-state index contributed by atoms with van der Waals surface area (Å²) in [4.78, 5) is 24.7. The maximum absolute atomic E-state index is 12.6. The van der Waals surface area contributed by atoms with E-state index >= 15 is 0 Å². The van der Waals surface area contributed by atoms with E-state index in [-0.39, 0.29) is 11.3 Å². The number of amides is 1. The molecule has 5 nitrogen and oxygen atoms in total. The summed E-state index contributed by atoms with van der Waals surface area (Å²) < 4.78 is 11.0. The number of esters is 1. The fraction of sp³-hybridized carbons (Fsp3) is 0.286. The molecule has 33 heavy (non-hydrogen) atoms. The Morgan fingerprint density at radius 3 is 2.24 bits per heavy atom. The molecule has 0 saturated carbocycles. The summed E-state index contributed by atoms with van der Waals surface area (Å²) in [5.41, 5.74) is 3.15. The van der Waals surface area contributed by atoms with Gasteiger partial charge in [-0.15, -0.1) is 0 Å². The van der Waals surface area contributed by atoms with E-state index in [1.807, 2.05) is 49.4 Å². The molecule has 1 atom stereocenters. The van der Waals surface area contributed by atoms with Crippen LogP contribution in [-0.4, -0.2) is 24.6 Å². The van der Waals surface area contributed by atoms with Crippen LogP contribution in [0, 0.1) is 0 Å². The molecule has 1 unspecified atom stereocenters. The minimum absolute atomic E-state index is 0.147. The van der Waals surface area contributed by atoms with Gasteiger partial charge in [-0.2, -0.15) is 0 Å². The van der Waals surface area contributed by atoms with E-state index < -0.39 is 12.1 Å². The Bertz CT molecular complexity index is 1070. The fourth-order valence-electron chi connectivity index (χ4n) is 3.48. The molecule has 3 aromatic carbocycles. The molecule has 5 heteroatoms. The van der Waals surface area contributed by atoms with E-state index in [1.165, 1.54) is 5.56 Å². The third-order valence-corrected chi connectivity index (χ3v) is 5.56. The summed E-state index contributed by atoms with van der Waals surface area (Å²) in [6.07, 6.45) is 0.0376. The molecule has 1 amide bonds. The van der Waals surface area contributed by atoms with Crippen LogP contribution >= 0.6 is 0 Å². The van der Waals surface area contributed by atoms with Gasteiger partial charge in [0.15, 0.2) is 6.10 Å². The highest BCUT2D eigenvalue weighted by Gasteiger charge is 2.23. The summed E-state index contributed by atoms with van der Waals surface area (Å²) in [6, 6.07) is 24.8. The Kier molecular flexibility index (Phi) is 7.88. The lowest BCUT2D eigenvalue weighted by atomic mass is 9.78. The van der Waals surface area contributed by atoms with Crippen LogP contribution in [0.15, 0.2) is 78.9 Å². The van der Waals surface area contributed by atoms with Crippen LogP contribution in [0.3, 0.4) is 0 Å². The normalized spacial score (nSPS) is 12.0. The average Bonchev–Trinajstić information content (AvgIpc) is 2.83. The number of benzene rings is 3. The summed E-state index contributed by atoms with van der Waals surface area (Å²) in [5, 5.41) is 2.80. The number of ether oxygens (including phenoxy) is 2. The molecular weight excluding hydrogens is 414 g/mol. The Morgan fingerprint density at radius 2 is 1.58 bits per heavy atom. The Morgan fingerprint density at radius 1 is 0.909 bits per heavy atom. The van der Waals surface area contributed by atoms with E-state index in [0.29, 0.717) is 23.6 Å². The molecule has 1 N–H and O–H groups in total. The van der Waals surface area contributed by atoms with Crippen LogP contribution in [0.5, 0.6) is 5.75 Å². The molecule has 0 radical (unpaired) electrons. The third kappa shape index (κ3) is 6.22. The summed E-state index contributed by atoms with van der Waals surface area (Å²) >= 11 is 0. The standard InChI is InChI=1S/C28H31NO4/c1-5-18-32-27(31)21-10-9-13-24(19-21)29-26(30)20(2)33-25-16-14-23(15-17-25)28(3,4)22-11-7-6-8-12-22/h6-17,19-20H,5,18H2,1-4H3,(H,29,30). The Hall–Kier alpha value is -3.60. The van der Waals surface area contributed by atoms with Gasteiger partial charge in [-0.05, 0) is 54.8 Å². The number of carbonyl (C=O) groups excluding carboxylic acids is 2. The van der Waals surface area contributed by atoms with Crippen LogP contribution in [0.2, 0.25) is 0 Å². The molecule has 0 aliphatic rings. The van der Waals surface area contributed by atoms with Gasteiger partial charge in [0.25, 0.3) is 5.91 Å². The van der Waals surface area contributed by atoms with Crippen molar-refractivity contribution >= 4 is 17.6 Å². The van der Waals surface area contributed by atoms with Gasteiger partial charge in [0, 0.05) is 11.1 Å². The van der Waals surface area contributed by atoms with Crippen LogP contribution in [0.25, 0.3) is 0 Å². The number of nitrogens with one attached hydrogen (secondary N) is 1. The number of rotatable bonds is 9. The van der Waals surface area contributed by atoms with Crippen molar-refractivity contribution in [2.45, 2.75) is 45.6 Å². The van der Waals surface area contributed by atoms with E-state index in [4.69, 9.17) is 9.47 Å². The van der Waals surface area contributed by atoms with Crippen molar-refractivity contribution in [3.8, 4) is 5.75 Å². The molecule has 172 valence electrons. The van der Waals surface area contributed by atoms with Crippen molar-refractivity contribution < 1.29 is 19.1 Å². The van der Waals surface area contributed by atoms with Crippen molar-refractivity contribution in [2.24, 2.45) is 0 Å². The van der Waals surface area contributed by atoms with Crippen LogP contribution in [0.1, 0.15) is 55.6 Å². The molecule has 0 aromatic heterocycles. The fourth-order valence-corrected chi connectivity index (χ4v) is 3.48. The average molecular weight is 446 g/mol. The highest BCUT2D eigenvalue weighted by Crippen LogP contribution is 2.32. The lowest BCUT2D eigenvalue weighted by Gasteiger charge is -2.26. The molecule has 3 aromatic rings. The highest BCUT2D eigenvalue weighted by atomic mass is 16.5. The molecule has 0 bridgehead atoms. The Balaban J connectivity index is 1.62. The van der Waals surface area contributed by atoms with Gasteiger partial charge in [-0.25, -0.2) is 4.79 Å². The SMILES string of the molecule is CCCOC(=O)c1cccc(NC(=O)C(C)Oc2ccc(C(C)(C)c3ccccc3)cc2)c1. The van der Waals surface area contributed by atoms with E-state index in [1.54, 1.807) is 31.2 Å². The van der Waals surface area contributed by atoms with Gasteiger partial charge in [-0.1, -0.05) is 69.3 Å². The molecule has 0 spiro atoms. The first-order chi connectivity index (χ1) is 15.8. The second-order valence-corrected chi connectivity index (χ2v) is 8.48. The maximum Gasteiger partial charge on any atom is 0.338 e. The number of carbonyl (C=O) groups is 2. The largest absolute Gasteiger partial charge is 0.481 e. The summed E-state index contributed by atoms with van der Waals surface area (Å²) in [7, 11) is 0. The summed E-state index contributed by atoms with van der Waals surface area (Å²) in [5.74, 6) is -0.0966. The van der Waals surface area contributed by atoms with Gasteiger partial charge >= 0.3 is 5.97 Å². The zero-order valence-electron chi connectivity index (χ0n) is 19.6. The van der Waals surface area contributed by atoms with Gasteiger partial charge in [0.05, 0.1) is 12.2 Å². The quantitative estimate of drug-likeness (QED) is 0.411. The maximum atomic E-state index is 12.6. The first-order valence-electron chi connectivity index (χ1n) is 11.2. The lowest BCUT2D eigenvalue weighted by Crippen LogP contribution is -2.30. The third-order valence-electron chi connectivity index (χ3n) is 5.56. The summed E-state index contributed by atoms with van der Waals surface area (Å²) in [6.45, 7) is 8.35. The molecule has 3 rings (SSSR count). The molecule has 0 aliphatic carbocycles. The predicted octanol–water partition coefficient (Wildman–Crippen LogP) is 5.99. The first kappa shape index (κ1) is 24.1. The van der Waals surface area contributed by atoms with Gasteiger partial charge in [-0.3, -0.25) is 4.79 Å². The lowest BCUT2D eigenvalue weighted by molar-refractivity contribution is -0.122. The second-order valence-electron chi connectivity index (χ2n) is 8.48. The van der Waals surface area contributed by atoms with Crippen LogP contribution in [0.4, 0.5) is 5.69 Å². The van der Waals surface area contributed by atoms with Gasteiger partial charge in [0.1, 0.15) is 5.75 Å². The number of hydrogen-bond acceptors (Lipinski definition) is 4. The van der Waals surface area contributed by atoms with Crippen molar-refractivity contribution in [1.82, 2.24) is 0 Å². The zero-order valence-corrected chi connectivity index (χ0v) is 19.6. The molecule has 0 heterocycles. The highest BCUT2D eigenvalue weighted by molar-refractivity contribution is 5.96. The van der Waals surface area contributed by atoms with Crippen molar-refractivity contribution in [3.05, 3.63) is 95.6 Å². The van der Waals surface area contributed by atoms with Crippen LogP contribution < -0.4 is 10.1 Å². The molecule has 0 aliphatic heterocycles. The first-order valence-corrected chi connectivity index (χ1v) is 11.2. The van der Waals surface area contributed by atoms with Crippen LogP contribution in [-0.2, 0) is 14.9 Å². The van der Waals surface area contributed by atoms with E-state index in [0.717, 1.165) is 12.0 Å². The van der Waals surface area contributed by atoms with Crippen molar-refractivity contribution in [2.75, 3.05) is 11.9 Å². The van der Waals surface area contributed by atoms with Crippen molar-refractivity contribution in [1.29, 1.82) is 0 Å². The topological polar surface area (TPSA) is 64.6 Å². The van der Waals surface area contributed by atoms with Gasteiger partial charge in [0.2, 0.25) is 0 Å². The monoisotopic (exact) mass is 445 g/mol. The smallest absolute Gasteiger partial charge is 0.338 e. The molecule has 0 fully saturated rings. The van der Waals surface area contributed by atoms with Crippen molar-refractivity contribution in [3.63, 3.8) is 0 Å². The second kappa shape index (κ2) is 10.8. The molecule has 0 saturated heterocycles. The number of anilines is 1. The molecular formula is C28H31NO4. The van der Waals surface area contributed by atoms with E-state index in [9.17, 15) is 9.59 Å². The van der Waals surface area contributed by atoms with Gasteiger partial charge < -0.3 is 14.8 Å². The predicted molar refractivity (Wildman–Crippen MR) is 131 cm³/mol. The number of hydrogen-bond donors (Lipinski definition) is 1. The Labute approximate surface area is 195 Å². The minimum Gasteiger partial charge on any atom is -0.481 e. The van der Waals surface area contributed by atoms with E-state index in [2.05, 4.69) is 31.3 Å².